The van der Waals surface area contributed by atoms with Crippen LogP contribution in [-0.2, 0) is 13.1 Å². The van der Waals surface area contributed by atoms with Crippen molar-refractivity contribution >= 4 is 0 Å². The van der Waals surface area contributed by atoms with Crippen molar-refractivity contribution in [3.05, 3.63) is 42.2 Å². The second-order valence-electron chi connectivity index (χ2n) is 3.19. The average Bonchev–Trinajstić information content (AvgIpc) is 2.45. The molecule has 0 N–H and O–H groups in total. The van der Waals surface area contributed by atoms with E-state index < -0.39 is 0 Å². The summed E-state index contributed by atoms with van der Waals surface area (Å²) in [6, 6.07) is 4.14. The van der Waals surface area contributed by atoms with Crippen LogP contribution in [0.15, 0.2) is 31.0 Å². The maximum absolute atomic E-state index is 4.27. The third-order valence-electron chi connectivity index (χ3n) is 1.84. The normalized spacial score (nSPS) is 14.3. The third-order valence-corrected chi connectivity index (χ3v) is 1.84. The van der Waals surface area contributed by atoms with E-state index in [1.165, 1.54) is 11.3 Å². The predicted molar refractivity (Wildman–Crippen MR) is 55.3 cm³/mol. The van der Waals surface area contributed by atoms with E-state index in [0.29, 0.717) is 0 Å². The number of nitrogens with zero attached hydrogens (tertiary/aromatic N) is 2. The number of rotatable bonds is 0. The van der Waals surface area contributed by atoms with Crippen molar-refractivity contribution in [1.82, 2.24) is 9.88 Å². The SMILES string of the molecule is C=CC.CN1Cc2cccnc2C1. The second-order valence-corrected chi connectivity index (χ2v) is 3.19. The van der Waals surface area contributed by atoms with Crippen LogP contribution < -0.4 is 0 Å². The topological polar surface area (TPSA) is 16.1 Å². The molecule has 0 saturated heterocycles. The fourth-order valence-corrected chi connectivity index (χ4v) is 1.36. The summed E-state index contributed by atoms with van der Waals surface area (Å²) in [5.74, 6) is 0. The molecule has 1 aliphatic heterocycles. The van der Waals surface area contributed by atoms with Gasteiger partial charge in [0.1, 0.15) is 0 Å². The van der Waals surface area contributed by atoms with Gasteiger partial charge in [-0.1, -0.05) is 12.1 Å². The van der Waals surface area contributed by atoms with Crippen LogP contribution in [0.3, 0.4) is 0 Å². The molecule has 0 fully saturated rings. The Bertz CT molecular complexity index is 256. The quantitative estimate of drug-likeness (QED) is 0.563. The Hall–Kier alpha value is -1.15. The van der Waals surface area contributed by atoms with Gasteiger partial charge in [0.05, 0.1) is 5.69 Å². The Morgan fingerprint density at radius 2 is 2.23 bits per heavy atom. The zero-order chi connectivity index (χ0) is 9.68. The number of aromatic nitrogens is 1. The second kappa shape index (κ2) is 4.77. The van der Waals surface area contributed by atoms with Crippen LogP contribution in [0.4, 0.5) is 0 Å². The first-order chi connectivity index (χ1) is 6.27. The van der Waals surface area contributed by atoms with Gasteiger partial charge in [0.15, 0.2) is 0 Å². The standard InChI is InChI=1S/C8H10N2.C3H6/c1-10-5-7-3-2-4-9-8(7)6-10;1-3-2/h2-4H,5-6H2,1H3;3H,1H2,2H3. The van der Waals surface area contributed by atoms with Crippen LogP contribution in [0.1, 0.15) is 18.2 Å². The van der Waals surface area contributed by atoms with Gasteiger partial charge in [0.25, 0.3) is 0 Å². The number of allylic oxidation sites excluding steroid dienone is 1. The first kappa shape index (κ1) is 9.93. The van der Waals surface area contributed by atoms with Crippen molar-refractivity contribution in [2.75, 3.05) is 7.05 Å². The molecule has 2 heterocycles. The third kappa shape index (κ3) is 2.67. The van der Waals surface area contributed by atoms with Crippen molar-refractivity contribution in [2.45, 2.75) is 20.0 Å². The molecule has 0 aliphatic carbocycles. The smallest absolute Gasteiger partial charge is 0.0588 e. The first-order valence-electron chi connectivity index (χ1n) is 4.46. The predicted octanol–water partition coefficient (Wildman–Crippen LogP) is 2.22. The van der Waals surface area contributed by atoms with Crippen molar-refractivity contribution < 1.29 is 0 Å². The number of fused-ring (bicyclic) bond motifs is 1. The van der Waals surface area contributed by atoms with E-state index in [1.807, 2.05) is 19.2 Å². The van der Waals surface area contributed by atoms with Gasteiger partial charge in [0, 0.05) is 19.3 Å². The molecule has 1 aromatic rings. The molecule has 0 aromatic carbocycles. The van der Waals surface area contributed by atoms with Crippen molar-refractivity contribution in [1.29, 1.82) is 0 Å². The van der Waals surface area contributed by atoms with Crippen molar-refractivity contribution in [2.24, 2.45) is 0 Å². The van der Waals surface area contributed by atoms with Gasteiger partial charge >= 0.3 is 0 Å². The lowest BCUT2D eigenvalue weighted by Crippen LogP contribution is -2.07. The van der Waals surface area contributed by atoms with Gasteiger partial charge in [-0.2, -0.15) is 0 Å². The minimum Gasteiger partial charge on any atom is -0.296 e. The minimum absolute atomic E-state index is 1.01. The molecule has 70 valence electrons. The van der Waals surface area contributed by atoms with E-state index in [0.717, 1.165) is 13.1 Å². The van der Waals surface area contributed by atoms with Crippen molar-refractivity contribution in [3.8, 4) is 0 Å². The highest BCUT2D eigenvalue weighted by molar-refractivity contribution is 5.22. The number of pyridine rings is 1. The molecule has 2 nitrogen and oxygen atoms in total. The molecule has 0 saturated carbocycles. The summed E-state index contributed by atoms with van der Waals surface area (Å²) in [5.41, 5.74) is 2.62. The maximum atomic E-state index is 4.27. The minimum atomic E-state index is 1.01. The van der Waals surface area contributed by atoms with E-state index in [2.05, 4.69) is 29.6 Å². The Morgan fingerprint density at radius 3 is 2.85 bits per heavy atom. The largest absolute Gasteiger partial charge is 0.296 e. The van der Waals surface area contributed by atoms with Gasteiger partial charge in [-0.15, -0.1) is 6.58 Å². The van der Waals surface area contributed by atoms with Crippen molar-refractivity contribution in [3.63, 3.8) is 0 Å². The molecular weight excluding hydrogens is 160 g/mol. The summed E-state index contributed by atoms with van der Waals surface area (Å²) >= 11 is 0. The lowest BCUT2D eigenvalue weighted by atomic mass is 10.2. The Balaban J connectivity index is 0.000000251. The fraction of sp³-hybridized carbons (Fsp3) is 0.364. The summed E-state index contributed by atoms with van der Waals surface area (Å²) in [4.78, 5) is 6.53. The maximum Gasteiger partial charge on any atom is 0.0588 e. The molecule has 1 aromatic heterocycles. The van der Waals surface area contributed by atoms with E-state index in [1.54, 1.807) is 6.08 Å². The highest BCUT2D eigenvalue weighted by atomic mass is 15.1. The zero-order valence-corrected chi connectivity index (χ0v) is 8.33. The molecule has 2 rings (SSSR count). The van der Waals surface area contributed by atoms with Crippen LogP contribution in [0.5, 0.6) is 0 Å². The van der Waals surface area contributed by atoms with Gasteiger partial charge in [-0.05, 0) is 25.6 Å². The van der Waals surface area contributed by atoms with Crippen LogP contribution in [-0.4, -0.2) is 16.9 Å². The molecule has 0 unspecified atom stereocenters. The van der Waals surface area contributed by atoms with Gasteiger partial charge in [0.2, 0.25) is 0 Å². The van der Waals surface area contributed by atoms with Crippen LogP contribution in [0, 0.1) is 0 Å². The number of hydrogen-bond acceptors (Lipinski definition) is 2. The monoisotopic (exact) mass is 176 g/mol. The lowest BCUT2D eigenvalue weighted by Gasteiger charge is -2.01. The average molecular weight is 176 g/mol. The Kier molecular flexibility index (Phi) is 3.65. The molecule has 0 amide bonds. The molecule has 1 aliphatic rings. The molecule has 0 radical (unpaired) electrons. The highest BCUT2D eigenvalue weighted by Crippen LogP contribution is 2.17. The first-order valence-corrected chi connectivity index (χ1v) is 4.46. The summed E-state index contributed by atoms with van der Waals surface area (Å²) in [5, 5.41) is 0. The van der Waals surface area contributed by atoms with Gasteiger partial charge < -0.3 is 0 Å². The van der Waals surface area contributed by atoms with Gasteiger partial charge in [-0.3, -0.25) is 9.88 Å². The summed E-state index contributed by atoms with van der Waals surface area (Å²) in [7, 11) is 2.11. The molecule has 0 bridgehead atoms. The molecular formula is C11H16N2. The summed E-state index contributed by atoms with van der Waals surface area (Å²) in [6.45, 7) is 7.32. The van der Waals surface area contributed by atoms with E-state index in [4.69, 9.17) is 0 Å². The molecule has 0 spiro atoms. The van der Waals surface area contributed by atoms with E-state index in [9.17, 15) is 0 Å². The van der Waals surface area contributed by atoms with Crippen LogP contribution in [0.2, 0.25) is 0 Å². The molecule has 2 heteroatoms. The number of hydrogen-bond donors (Lipinski definition) is 0. The fourth-order valence-electron chi connectivity index (χ4n) is 1.36. The highest BCUT2D eigenvalue weighted by Gasteiger charge is 2.14. The summed E-state index contributed by atoms with van der Waals surface area (Å²) < 4.78 is 0. The molecule has 13 heavy (non-hydrogen) atoms. The zero-order valence-electron chi connectivity index (χ0n) is 8.33. The van der Waals surface area contributed by atoms with E-state index >= 15 is 0 Å². The van der Waals surface area contributed by atoms with Crippen LogP contribution in [0.25, 0.3) is 0 Å². The van der Waals surface area contributed by atoms with E-state index in [-0.39, 0.29) is 0 Å². The Morgan fingerprint density at radius 1 is 1.54 bits per heavy atom. The van der Waals surface area contributed by atoms with Gasteiger partial charge in [-0.25, -0.2) is 0 Å². The Labute approximate surface area is 79.9 Å². The molecule has 0 atom stereocenters. The van der Waals surface area contributed by atoms with Crippen LogP contribution >= 0.6 is 0 Å². The summed E-state index contributed by atoms with van der Waals surface area (Å²) in [6.07, 6.45) is 3.61. The lowest BCUT2D eigenvalue weighted by molar-refractivity contribution is 0.351.